The summed E-state index contributed by atoms with van der Waals surface area (Å²) in [5.41, 5.74) is 6.65. The normalized spacial score (nSPS) is 26.8. The fraction of sp³-hybridized carbons (Fsp3) is 0.700. The van der Waals surface area contributed by atoms with Crippen LogP contribution in [0.25, 0.3) is 0 Å². The SMILES string of the molecule is Nc1nc2c(o1)CCC2N1CCNCC1. The Morgan fingerprint density at radius 1 is 1.40 bits per heavy atom. The Bertz CT molecular complexity index is 356. The number of aromatic nitrogens is 1. The van der Waals surface area contributed by atoms with Crippen LogP contribution >= 0.6 is 0 Å². The van der Waals surface area contributed by atoms with E-state index < -0.39 is 0 Å². The van der Waals surface area contributed by atoms with Gasteiger partial charge in [-0.15, -0.1) is 0 Å². The summed E-state index contributed by atoms with van der Waals surface area (Å²) >= 11 is 0. The summed E-state index contributed by atoms with van der Waals surface area (Å²) in [7, 11) is 0. The fourth-order valence-electron chi connectivity index (χ4n) is 2.58. The molecule has 1 saturated heterocycles. The molecule has 5 nitrogen and oxygen atoms in total. The lowest BCUT2D eigenvalue weighted by molar-refractivity contribution is 0.171. The zero-order valence-electron chi connectivity index (χ0n) is 8.70. The summed E-state index contributed by atoms with van der Waals surface area (Å²) in [4.78, 5) is 6.77. The van der Waals surface area contributed by atoms with Crippen molar-refractivity contribution in [3.05, 3.63) is 11.5 Å². The van der Waals surface area contributed by atoms with E-state index >= 15 is 0 Å². The van der Waals surface area contributed by atoms with E-state index in [1.54, 1.807) is 0 Å². The van der Waals surface area contributed by atoms with E-state index in [1.807, 2.05) is 0 Å². The van der Waals surface area contributed by atoms with E-state index in [-0.39, 0.29) is 0 Å². The molecule has 2 aliphatic rings. The molecule has 3 rings (SSSR count). The molecule has 0 radical (unpaired) electrons. The summed E-state index contributed by atoms with van der Waals surface area (Å²) in [6, 6.07) is 0.753. The monoisotopic (exact) mass is 208 g/mol. The number of nitrogens with zero attached hydrogens (tertiary/aromatic N) is 2. The minimum Gasteiger partial charge on any atom is -0.429 e. The minimum absolute atomic E-state index is 0.319. The first-order valence-corrected chi connectivity index (χ1v) is 5.54. The molecule has 1 aromatic heterocycles. The van der Waals surface area contributed by atoms with E-state index in [4.69, 9.17) is 10.2 Å². The number of nitrogen functional groups attached to an aromatic ring is 1. The molecule has 2 heterocycles. The second kappa shape index (κ2) is 3.50. The summed E-state index contributed by atoms with van der Waals surface area (Å²) in [6.45, 7) is 4.33. The number of hydrogen-bond acceptors (Lipinski definition) is 5. The highest BCUT2D eigenvalue weighted by Gasteiger charge is 2.33. The van der Waals surface area contributed by atoms with Gasteiger partial charge in [0.25, 0.3) is 6.01 Å². The summed E-state index contributed by atoms with van der Waals surface area (Å²) in [6.07, 6.45) is 2.11. The van der Waals surface area contributed by atoms with Crippen LogP contribution in [0.4, 0.5) is 6.01 Å². The molecule has 0 bridgehead atoms. The highest BCUT2D eigenvalue weighted by molar-refractivity contribution is 5.27. The maximum atomic E-state index is 5.57. The quantitative estimate of drug-likeness (QED) is 0.687. The van der Waals surface area contributed by atoms with Gasteiger partial charge in [-0.25, -0.2) is 0 Å². The predicted octanol–water partition coefficient (Wildman–Crippen LogP) is 0.149. The molecule has 15 heavy (non-hydrogen) atoms. The van der Waals surface area contributed by atoms with Crippen LogP contribution in [0.5, 0.6) is 0 Å². The van der Waals surface area contributed by atoms with Crippen molar-refractivity contribution in [1.29, 1.82) is 0 Å². The molecule has 0 spiro atoms. The fourth-order valence-corrected chi connectivity index (χ4v) is 2.58. The maximum Gasteiger partial charge on any atom is 0.292 e. The van der Waals surface area contributed by atoms with Crippen molar-refractivity contribution in [3.8, 4) is 0 Å². The molecule has 1 atom stereocenters. The van der Waals surface area contributed by atoms with E-state index in [1.165, 1.54) is 0 Å². The van der Waals surface area contributed by atoms with Crippen LogP contribution in [0.2, 0.25) is 0 Å². The molecule has 1 aromatic rings. The van der Waals surface area contributed by atoms with Crippen molar-refractivity contribution in [2.75, 3.05) is 31.9 Å². The molecule has 3 N–H and O–H groups in total. The standard InChI is InChI=1S/C10H16N4O/c11-10-13-9-7(1-2-8(9)15-10)14-5-3-12-4-6-14/h7,12H,1-6H2,(H2,11,13). The number of aryl methyl sites for hydroxylation is 1. The van der Waals surface area contributed by atoms with Crippen LogP contribution in [-0.2, 0) is 6.42 Å². The van der Waals surface area contributed by atoms with Crippen molar-refractivity contribution in [2.45, 2.75) is 18.9 Å². The zero-order chi connectivity index (χ0) is 10.3. The average molecular weight is 208 g/mol. The van der Waals surface area contributed by atoms with Crippen molar-refractivity contribution in [3.63, 3.8) is 0 Å². The first-order chi connectivity index (χ1) is 7.34. The van der Waals surface area contributed by atoms with Gasteiger partial charge in [0, 0.05) is 32.6 Å². The van der Waals surface area contributed by atoms with Gasteiger partial charge in [0.05, 0.1) is 6.04 Å². The molecule has 0 amide bonds. The zero-order valence-corrected chi connectivity index (χ0v) is 8.70. The smallest absolute Gasteiger partial charge is 0.292 e. The summed E-state index contributed by atoms with van der Waals surface area (Å²) in [5, 5.41) is 3.36. The van der Waals surface area contributed by atoms with E-state index in [0.29, 0.717) is 12.1 Å². The number of hydrogen-bond donors (Lipinski definition) is 2. The Morgan fingerprint density at radius 2 is 2.20 bits per heavy atom. The molecule has 5 heteroatoms. The molecule has 82 valence electrons. The molecular weight excluding hydrogens is 192 g/mol. The number of anilines is 1. The lowest BCUT2D eigenvalue weighted by Gasteiger charge is -2.31. The van der Waals surface area contributed by atoms with Gasteiger partial charge in [-0.05, 0) is 6.42 Å². The first kappa shape index (κ1) is 9.18. The minimum atomic E-state index is 0.319. The van der Waals surface area contributed by atoms with Crippen LogP contribution in [0.3, 0.4) is 0 Å². The second-order valence-corrected chi connectivity index (χ2v) is 4.20. The molecular formula is C10H16N4O. The number of oxazole rings is 1. The van der Waals surface area contributed by atoms with E-state index in [2.05, 4.69) is 15.2 Å². The topological polar surface area (TPSA) is 67.3 Å². The van der Waals surface area contributed by atoms with E-state index in [0.717, 1.165) is 50.5 Å². The highest BCUT2D eigenvalue weighted by atomic mass is 16.4. The van der Waals surface area contributed by atoms with Gasteiger partial charge in [0.15, 0.2) is 0 Å². The molecule has 1 aliphatic heterocycles. The van der Waals surface area contributed by atoms with Crippen molar-refractivity contribution in [2.24, 2.45) is 0 Å². The van der Waals surface area contributed by atoms with Gasteiger partial charge in [-0.3, -0.25) is 4.90 Å². The highest BCUT2D eigenvalue weighted by Crippen LogP contribution is 2.36. The summed E-state index contributed by atoms with van der Waals surface area (Å²) in [5.74, 6) is 0.996. The second-order valence-electron chi connectivity index (χ2n) is 4.20. The lowest BCUT2D eigenvalue weighted by atomic mass is 10.2. The third-order valence-corrected chi connectivity index (χ3v) is 3.30. The summed E-state index contributed by atoms with van der Waals surface area (Å²) < 4.78 is 5.37. The van der Waals surface area contributed by atoms with Gasteiger partial charge in [0.1, 0.15) is 11.5 Å². The Hall–Kier alpha value is -1.07. The molecule has 1 unspecified atom stereocenters. The largest absolute Gasteiger partial charge is 0.429 e. The van der Waals surface area contributed by atoms with Crippen LogP contribution in [0.1, 0.15) is 23.9 Å². The number of rotatable bonds is 1. The van der Waals surface area contributed by atoms with Crippen LogP contribution in [0, 0.1) is 0 Å². The number of piperazine rings is 1. The Balaban J connectivity index is 1.82. The number of nitrogens with two attached hydrogens (primary N) is 1. The molecule has 0 saturated carbocycles. The molecule has 0 aromatic carbocycles. The Kier molecular flexibility index (Phi) is 2.14. The third kappa shape index (κ3) is 1.52. The van der Waals surface area contributed by atoms with Gasteiger partial charge in [0.2, 0.25) is 0 Å². The van der Waals surface area contributed by atoms with Crippen molar-refractivity contribution < 1.29 is 4.42 Å². The number of nitrogens with one attached hydrogen (secondary N) is 1. The van der Waals surface area contributed by atoms with Crippen LogP contribution in [-0.4, -0.2) is 36.1 Å². The average Bonchev–Trinajstić information content (AvgIpc) is 2.77. The van der Waals surface area contributed by atoms with E-state index in [9.17, 15) is 0 Å². The van der Waals surface area contributed by atoms with Gasteiger partial charge < -0.3 is 15.5 Å². The van der Waals surface area contributed by atoms with Gasteiger partial charge in [-0.1, -0.05) is 0 Å². The lowest BCUT2D eigenvalue weighted by Crippen LogP contribution is -2.44. The van der Waals surface area contributed by atoms with Gasteiger partial charge in [-0.2, -0.15) is 4.98 Å². The molecule has 1 fully saturated rings. The van der Waals surface area contributed by atoms with Crippen molar-refractivity contribution >= 4 is 6.01 Å². The predicted molar refractivity (Wildman–Crippen MR) is 56.4 cm³/mol. The van der Waals surface area contributed by atoms with Gasteiger partial charge >= 0.3 is 0 Å². The van der Waals surface area contributed by atoms with Crippen molar-refractivity contribution in [1.82, 2.24) is 15.2 Å². The van der Waals surface area contributed by atoms with Crippen LogP contribution < -0.4 is 11.1 Å². The Labute approximate surface area is 88.6 Å². The van der Waals surface area contributed by atoms with Crippen LogP contribution in [0.15, 0.2) is 4.42 Å². The number of fused-ring (bicyclic) bond motifs is 1. The maximum absolute atomic E-state index is 5.57. The molecule has 1 aliphatic carbocycles. The Morgan fingerprint density at radius 3 is 3.00 bits per heavy atom. The first-order valence-electron chi connectivity index (χ1n) is 5.54. The third-order valence-electron chi connectivity index (χ3n) is 3.30.